The zero-order valence-electron chi connectivity index (χ0n) is 7.88. The fraction of sp³-hybridized carbons (Fsp3) is 0.444. The minimum Gasteiger partial charge on any atom is -0.351 e. The van der Waals surface area contributed by atoms with Crippen molar-refractivity contribution in [3.8, 4) is 0 Å². The second-order valence-corrected chi connectivity index (χ2v) is 5.65. The Morgan fingerprint density at radius 1 is 1.71 bits per heavy atom. The number of hydrogen-bond acceptors (Lipinski definition) is 3. The van der Waals surface area contributed by atoms with Crippen molar-refractivity contribution in [2.24, 2.45) is 0 Å². The van der Waals surface area contributed by atoms with E-state index in [9.17, 15) is 4.79 Å². The van der Waals surface area contributed by atoms with Gasteiger partial charge in [-0.2, -0.15) is 11.8 Å². The van der Waals surface area contributed by atoms with Crippen molar-refractivity contribution in [3.63, 3.8) is 0 Å². The molecule has 0 atom stereocenters. The summed E-state index contributed by atoms with van der Waals surface area (Å²) in [6, 6.07) is 2.03. The second-order valence-electron chi connectivity index (χ2n) is 2.75. The van der Waals surface area contributed by atoms with E-state index in [0.717, 1.165) is 10.2 Å². The lowest BCUT2D eigenvalue weighted by molar-refractivity contribution is -0.120. The van der Waals surface area contributed by atoms with Crippen LogP contribution in [0.5, 0.6) is 0 Å². The van der Waals surface area contributed by atoms with Crippen molar-refractivity contribution < 1.29 is 4.79 Å². The van der Waals surface area contributed by atoms with E-state index in [1.165, 1.54) is 4.88 Å². The van der Waals surface area contributed by atoms with Gasteiger partial charge in [0.2, 0.25) is 5.91 Å². The molecule has 0 fully saturated rings. The molecule has 1 N–H and O–H groups in total. The van der Waals surface area contributed by atoms with Crippen LogP contribution in [0.3, 0.4) is 0 Å². The van der Waals surface area contributed by atoms with Gasteiger partial charge in [0.25, 0.3) is 0 Å². The van der Waals surface area contributed by atoms with Crippen LogP contribution >= 0.6 is 39.0 Å². The summed E-state index contributed by atoms with van der Waals surface area (Å²) in [5.74, 6) is 1.02. The van der Waals surface area contributed by atoms with E-state index < -0.39 is 0 Å². The standard InChI is InChI=1S/C9H12BrNOS2/c1-13-3-2-9(12)11-5-8-4-7(10)6-14-8/h4,6H,2-3,5H2,1H3,(H,11,12). The van der Waals surface area contributed by atoms with Gasteiger partial charge in [0, 0.05) is 26.9 Å². The maximum absolute atomic E-state index is 11.3. The average molecular weight is 294 g/mol. The van der Waals surface area contributed by atoms with Gasteiger partial charge in [-0.05, 0) is 28.3 Å². The lowest BCUT2D eigenvalue weighted by Gasteiger charge is -2.01. The molecule has 1 heterocycles. The molecule has 1 rings (SSSR count). The minimum absolute atomic E-state index is 0.129. The van der Waals surface area contributed by atoms with Gasteiger partial charge in [0.1, 0.15) is 0 Å². The zero-order valence-corrected chi connectivity index (χ0v) is 11.1. The van der Waals surface area contributed by atoms with Gasteiger partial charge in [0.15, 0.2) is 0 Å². The summed E-state index contributed by atoms with van der Waals surface area (Å²) < 4.78 is 1.08. The molecule has 0 bridgehead atoms. The van der Waals surface area contributed by atoms with E-state index in [-0.39, 0.29) is 5.91 Å². The molecule has 0 aliphatic rings. The molecule has 14 heavy (non-hydrogen) atoms. The first-order chi connectivity index (χ1) is 6.72. The van der Waals surface area contributed by atoms with Gasteiger partial charge in [-0.1, -0.05) is 0 Å². The monoisotopic (exact) mass is 293 g/mol. The molecule has 2 nitrogen and oxygen atoms in total. The minimum atomic E-state index is 0.129. The fourth-order valence-electron chi connectivity index (χ4n) is 0.915. The molecule has 1 aromatic heterocycles. The Labute approximate surface area is 101 Å². The summed E-state index contributed by atoms with van der Waals surface area (Å²) >= 11 is 6.71. The van der Waals surface area contributed by atoms with Crippen LogP contribution in [0.1, 0.15) is 11.3 Å². The maximum Gasteiger partial charge on any atom is 0.221 e. The molecule has 0 aliphatic heterocycles. The van der Waals surface area contributed by atoms with Crippen molar-refractivity contribution in [3.05, 3.63) is 20.8 Å². The molecule has 78 valence electrons. The summed E-state index contributed by atoms with van der Waals surface area (Å²) in [6.07, 6.45) is 2.61. The highest BCUT2D eigenvalue weighted by Gasteiger charge is 2.01. The zero-order chi connectivity index (χ0) is 10.4. The lowest BCUT2D eigenvalue weighted by Crippen LogP contribution is -2.22. The van der Waals surface area contributed by atoms with E-state index in [0.29, 0.717) is 13.0 Å². The van der Waals surface area contributed by atoms with E-state index >= 15 is 0 Å². The van der Waals surface area contributed by atoms with Gasteiger partial charge in [-0.15, -0.1) is 11.3 Å². The molecule has 0 saturated carbocycles. The molecule has 0 aliphatic carbocycles. The number of hydrogen-bond donors (Lipinski definition) is 1. The average Bonchev–Trinajstić information content (AvgIpc) is 2.58. The normalized spacial score (nSPS) is 10.1. The maximum atomic E-state index is 11.3. The Morgan fingerprint density at radius 3 is 3.07 bits per heavy atom. The number of rotatable bonds is 5. The van der Waals surface area contributed by atoms with Crippen LogP contribution in [-0.4, -0.2) is 17.9 Å². The van der Waals surface area contributed by atoms with Crippen LogP contribution in [0.25, 0.3) is 0 Å². The van der Waals surface area contributed by atoms with E-state index in [1.54, 1.807) is 23.1 Å². The predicted molar refractivity (Wildman–Crippen MR) is 66.9 cm³/mol. The fourth-order valence-corrected chi connectivity index (χ4v) is 2.70. The van der Waals surface area contributed by atoms with Crippen LogP contribution in [0.2, 0.25) is 0 Å². The van der Waals surface area contributed by atoms with Crippen molar-refractivity contribution in [1.82, 2.24) is 5.32 Å². The molecule has 0 saturated heterocycles. The van der Waals surface area contributed by atoms with Gasteiger partial charge < -0.3 is 5.32 Å². The number of carbonyl (C=O) groups excluding carboxylic acids is 1. The van der Waals surface area contributed by atoms with Crippen molar-refractivity contribution in [1.29, 1.82) is 0 Å². The Bertz CT molecular complexity index is 301. The summed E-state index contributed by atoms with van der Waals surface area (Å²) in [7, 11) is 0. The summed E-state index contributed by atoms with van der Waals surface area (Å²) in [5.41, 5.74) is 0. The number of thiophene rings is 1. The first kappa shape index (κ1) is 12.1. The SMILES string of the molecule is CSCCC(=O)NCc1cc(Br)cs1. The highest BCUT2D eigenvalue weighted by molar-refractivity contribution is 9.10. The Hall–Kier alpha value is -0.0000000000000000833. The third-order valence-electron chi connectivity index (χ3n) is 1.61. The van der Waals surface area contributed by atoms with Crippen LogP contribution < -0.4 is 5.32 Å². The highest BCUT2D eigenvalue weighted by Crippen LogP contribution is 2.19. The third-order valence-corrected chi connectivity index (χ3v) is 3.92. The summed E-state index contributed by atoms with van der Waals surface area (Å²) in [5, 5.41) is 4.90. The summed E-state index contributed by atoms with van der Waals surface area (Å²) in [4.78, 5) is 12.4. The van der Waals surface area contributed by atoms with Crippen LogP contribution in [0.4, 0.5) is 0 Å². The number of halogens is 1. The number of amides is 1. The second kappa shape index (κ2) is 6.48. The Kier molecular flexibility index (Phi) is 5.59. The Morgan fingerprint density at radius 2 is 2.50 bits per heavy atom. The summed E-state index contributed by atoms with van der Waals surface area (Å²) in [6.45, 7) is 0.642. The number of carbonyl (C=O) groups is 1. The van der Waals surface area contributed by atoms with Crippen molar-refractivity contribution in [2.45, 2.75) is 13.0 Å². The van der Waals surface area contributed by atoms with Crippen LogP contribution in [0, 0.1) is 0 Å². The first-order valence-corrected chi connectivity index (χ1v) is 7.27. The number of nitrogens with one attached hydrogen (secondary N) is 1. The van der Waals surface area contributed by atoms with Gasteiger partial charge in [-0.25, -0.2) is 0 Å². The van der Waals surface area contributed by atoms with Crippen molar-refractivity contribution in [2.75, 3.05) is 12.0 Å². The topological polar surface area (TPSA) is 29.1 Å². The molecule has 0 radical (unpaired) electrons. The lowest BCUT2D eigenvalue weighted by atomic mass is 10.4. The van der Waals surface area contributed by atoms with Gasteiger partial charge in [-0.3, -0.25) is 4.79 Å². The van der Waals surface area contributed by atoms with E-state index in [4.69, 9.17) is 0 Å². The molecule has 0 aromatic carbocycles. The van der Waals surface area contributed by atoms with Crippen molar-refractivity contribution >= 4 is 44.9 Å². The third kappa shape index (κ3) is 4.48. The highest BCUT2D eigenvalue weighted by atomic mass is 79.9. The molecular weight excluding hydrogens is 282 g/mol. The largest absolute Gasteiger partial charge is 0.351 e. The molecule has 0 unspecified atom stereocenters. The molecular formula is C9H12BrNOS2. The van der Waals surface area contributed by atoms with Crippen LogP contribution in [-0.2, 0) is 11.3 Å². The van der Waals surface area contributed by atoms with Gasteiger partial charge in [0.05, 0.1) is 6.54 Å². The van der Waals surface area contributed by atoms with Gasteiger partial charge >= 0.3 is 0 Å². The smallest absolute Gasteiger partial charge is 0.221 e. The molecule has 5 heteroatoms. The quantitative estimate of drug-likeness (QED) is 0.904. The van der Waals surface area contributed by atoms with E-state index in [2.05, 4.69) is 21.2 Å². The van der Waals surface area contributed by atoms with E-state index in [1.807, 2.05) is 17.7 Å². The Balaban J connectivity index is 2.23. The first-order valence-electron chi connectivity index (χ1n) is 4.21. The van der Waals surface area contributed by atoms with Crippen LogP contribution in [0.15, 0.2) is 15.9 Å². The predicted octanol–water partition coefficient (Wildman–Crippen LogP) is 2.88. The molecule has 1 aromatic rings. The number of thioether (sulfide) groups is 1. The molecule has 0 spiro atoms. The molecule has 1 amide bonds.